The van der Waals surface area contributed by atoms with E-state index in [2.05, 4.69) is 17.0 Å². The van der Waals surface area contributed by atoms with Gasteiger partial charge in [-0.25, -0.2) is 0 Å². The molecular weight excluding hydrogens is 360 g/mol. The summed E-state index contributed by atoms with van der Waals surface area (Å²) in [5.41, 5.74) is 2.28. The molecule has 5 heteroatoms. The molecule has 2 aromatic carbocycles. The number of carbonyl (C=O) groups is 1. The Hall–Kier alpha value is -1.88. The van der Waals surface area contributed by atoms with Gasteiger partial charge in [0.1, 0.15) is 0 Å². The van der Waals surface area contributed by atoms with Gasteiger partial charge >= 0.3 is 0 Å². The summed E-state index contributed by atoms with van der Waals surface area (Å²) in [6.45, 7) is 5.05. The summed E-state index contributed by atoms with van der Waals surface area (Å²) in [7, 11) is 1.72. The molecule has 0 radical (unpaired) electrons. The fraction of sp³-hybridized carbons (Fsp3) is 0.409. The number of ether oxygens (including phenoxy) is 1. The zero-order chi connectivity index (χ0) is 19.1. The normalized spacial score (nSPS) is 16.3. The molecule has 1 aliphatic rings. The van der Waals surface area contributed by atoms with E-state index >= 15 is 0 Å². The summed E-state index contributed by atoms with van der Waals surface area (Å²) in [4.78, 5) is 17.3. The van der Waals surface area contributed by atoms with Gasteiger partial charge in [-0.2, -0.15) is 0 Å². The van der Waals surface area contributed by atoms with Crippen LogP contribution in [0.1, 0.15) is 23.5 Å². The molecule has 0 aliphatic carbocycles. The molecule has 4 nitrogen and oxygen atoms in total. The van der Waals surface area contributed by atoms with Crippen LogP contribution in [-0.2, 0) is 9.53 Å². The van der Waals surface area contributed by atoms with E-state index in [9.17, 15) is 4.79 Å². The highest BCUT2D eigenvalue weighted by Gasteiger charge is 2.25. The smallest absolute Gasteiger partial charge is 0.223 e. The number of carbonyl (C=O) groups excluding carboxylic acids is 1. The van der Waals surface area contributed by atoms with Crippen molar-refractivity contribution in [2.75, 3.05) is 46.4 Å². The number of piperazine rings is 1. The SMILES string of the molecule is COCCN1CCN(C(=O)C[C@H](c2ccccc2)c2ccc(Cl)cc2)CC1. The molecule has 1 heterocycles. The Bertz CT molecular complexity index is 713. The summed E-state index contributed by atoms with van der Waals surface area (Å²) in [6, 6.07) is 18.1. The zero-order valence-corrected chi connectivity index (χ0v) is 16.6. The van der Waals surface area contributed by atoms with Gasteiger partial charge in [0.05, 0.1) is 6.61 Å². The van der Waals surface area contributed by atoms with Crippen LogP contribution in [0.15, 0.2) is 54.6 Å². The lowest BCUT2D eigenvalue weighted by molar-refractivity contribution is -0.133. The summed E-state index contributed by atoms with van der Waals surface area (Å²) in [5, 5.41) is 0.712. The lowest BCUT2D eigenvalue weighted by Gasteiger charge is -2.35. The van der Waals surface area contributed by atoms with Gasteiger partial charge in [0, 0.05) is 57.2 Å². The molecule has 3 rings (SSSR count). The number of hydrogen-bond acceptors (Lipinski definition) is 3. The van der Waals surface area contributed by atoms with Gasteiger partial charge in [0.15, 0.2) is 0 Å². The van der Waals surface area contributed by atoms with Crippen LogP contribution in [-0.4, -0.2) is 62.1 Å². The van der Waals surface area contributed by atoms with Crippen molar-refractivity contribution in [3.8, 4) is 0 Å². The highest BCUT2D eigenvalue weighted by Crippen LogP contribution is 2.29. The fourth-order valence-corrected chi connectivity index (χ4v) is 3.68. The highest BCUT2D eigenvalue weighted by atomic mass is 35.5. The standard InChI is InChI=1S/C22H27ClN2O2/c1-27-16-15-24-11-13-25(14-12-24)22(26)17-21(18-5-3-2-4-6-18)19-7-9-20(23)10-8-19/h2-10,21H,11-17H2,1H3/t21-/m1/s1. The maximum Gasteiger partial charge on any atom is 0.223 e. The van der Waals surface area contributed by atoms with E-state index in [4.69, 9.17) is 16.3 Å². The number of amides is 1. The van der Waals surface area contributed by atoms with Gasteiger partial charge in [-0.3, -0.25) is 9.69 Å². The van der Waals surface area contributed by atoms with Crippen LogP contribution in [0.3, 0.4) is 0 Å². The van der Waals surface area contributed by atoms with E-state index in [1.807, 2.05) is 47.4 Å². The summed E-state index contributed by atoms with van der Waals surface area (Å²) < 4.78 is 5.15. The quantitative estimate of drug-likeness (QED) is 0.728. The molecule has 2 aromatic rings. The van der Waals surface area contributed by atoms with Gasteiger partial charge in [-0.15, -0.1) is 0 Å². The third kappa shape index (κ3) is 5.55. The van der Waals surface area contributed by atoms with Crippen LogP contribution in [0.4, 0.5) is 0 Å². The molecule has 144 valence electrons. The Labute approximate surface area is 166 Å². The maximum atomic E-state index is 13.0. The average molecular weight is 387 g/mol. The van der Waals surface area contributed by atoms with Gasteiger partial charge in [0.2, 0.25) is 5.91 Å². The van der Waals surface area contributed by atoms with Crippen LogP contribution < -0.4 is 0 Å². The van der Waals surface area contributed by atoms with Crippen molar-refractivity contribution in [2.45, 2.75) is 12.3 Å². The van der Waals surface area contributed by atoms with Crippen LogP contribution in [0.2, 0.25) is 5.02 Å². The Morgan fingerprint density at radius 3 is 2.26 bits per heavy atom. The third-order valence-electron chi connectivity index (χ3n) is 5.19. The van der Waals surface area contributed by atoms with Gasteiger partial charge in [-0.05, 0) is 23.3 Å². The number of halogens is 1. The van der Waals surface area contributed by atoms with Crippen molar-refractivity contribution in [1.29, 1.82) is 0 Å². The molecule has 27 heavy (non-hydrogen) atoms. The summed E-state index contributed by atoms with van der Waals surface area (Å²) >= 11 is 6.05. The van der Waals surface area contributed by atoms with Crippen LogP contribution in [0, 0.1) is 0 Å². The van der Waals surface area contributed by atoms with Gasteiger partial charge < -0.3 is 9.64 Å². The lowest BCUT2D eigenvalue weighted by atomic mass is 9.88. The third-order valence-corrected chi connectivity index (χ3v) is 5.44. The molecule has 0 unspecified atom stereocenters. The minimum Gasteiger partial charge on any atom is -0.383 e. The topological polar surface area (TPSA) is 32.8 Å². The molecule has 0 bridgehead atoms. The van der Waals surface area contributed by atoms with Gasteiger partial charge in [0.25, 0.3) is 0 Å². The Morgan fingerprint density at radius 2 is 1.63 bits per heavy atom. The minimum absolute atomic E-state index is 0.0440. The van der Waals surface area contributed by atoms with E-state index in [1.54, 1.807) is 7.11 Å². The van der Waals surface area contributed by atoms with Crippen molar-refractivity contribution >= 4 is 17.5 Å². The highest BCUT2D eigenvalue weighted by molar-refractivity contribution is 6.30. The zero-order valence-electron chi connectivity index (χ0n) is 15.8. The molecular formula is C22H27ClN2O2. The molecule has 1 fully saturated rings. The second-order valence-corrected chi connectivity index (χ2v) is 7.37. The number of benzene rings is 2. The minimum atomic E-state index is 0.0440. The van der Waals surface area contributed by atoms with Crippen molar-refractivity contribution in [3.05, 3.63) is 70.7 Å². The van der Waals surface area contributed by atoms with E-state index in [1.165, 1.54) is 0 Å². The molecule has 0 aromatic heterocycles. The first-order chi connectivity index (χ1) is 13.2. The molecule has 1 aliphatic heterocycles. The second kappa shape index (κ2) is 9.88. The molecule has 0 saturated carbocycles. The first kappa shape index (κ1) is 19.9. The Morgan fingerprint density at radius 1 is 1.00 bits per heavy atom. The molecule has 1 amide bonds. The molecule has 1 saturated heterocycles. The van der Waals surface area contributed by atoms with Crippen LogP contribution >= 0.6 is 11.6 Å². The molecule has 0 N–H and O–H groups in total. The number of rotatable bonds is 7. The van der Waals surface area contributed by atoms with Crippen molar-refractivity contribution < 1.29 is 9.53 Å². The predicted molar refractivity (Wildman–Crippen MR) is 109 cm³/mol. The van der Waals surface area contributed by atoms with E-state index in [0.29, 0.717) is 11.4 Å². The van der Waals surface area contributed by atoms with E-state index in [-0.39, 0.29) is 11.8 Å². The van der Waals surface area contributed by atoms with Crippen LogP contribution in [0.25, 0.3) is 0 Å². The summed E-state index contributed by atoms with van der Waals surface area (Å²) in [6.07, 6.45) is 0.476. The Kier molecular flexibility index (Phi) is 7.27. The monoisotopic (exact) mass is 386 g/mol. The van der Waals surface area contributed by atoms with Gasteiger partial charge in [-0.1, -0.05) is 54.1 Å². The van der Waals surface area contributed by atoms with E-state index < -0.39 is 0 Å². The van der Waals surface area contributed by atoms with Crippen molar-refractivity contribution in [3.63, 3.8) is 0 Å². The molecule has 0 spiro atoms. The van der Waals surface area contributed by atoms with E-state index in [0.717, 1.165) is 50.5 Å². The molecule has 1 atom stereocenters. The number of methoxy groups -OCH3 is 1. The largest absolute Gasteiger partial charge is 0.383 e. The predicted octanol–water partition coefficient (Wildman–Crippen LogP) is 3.65. The first-order valence-electron chi connectivity index (χ1n) is 9.47. The fourth-order valence-electron chi connectivity index (χ4n) is 3.55. The number of hydrogen-bond donors (Lipinski definition) is 0. The Balaban J connectivity index is 1.67. The summed E-state index contributed by atoms with van der Waals surface area (Å²) in [5.74, 6) is 0.257. The first-order valence-corrected chi connectivity index (χ1v) is 9.84. The van der Waals surface area contributed by atoms with Crippen molar-refractivity contribution in [1.82, 2.24) is 9.80 Å². The second-order valence-electron chi connectivity index (χ2n) is 6.93. The lowest BCUT2D eigenvalue weighted by Crippen LogP contribution is -2.49. The average Bonchev–Trinajstić information content (AvgIpc) is 2.72. The van der Waals surface area contributed by atoms with Crippen molar-refractivity contribution in [2.24, 2.45) is 0 Å². The van der Waals surface area contributed by atoms with Crippen LogP contribution in [0.5, 0.6) is 0 Å². The number of nitrogens with zero attached hydrogens (tertiary/aromatic N) is 2. The maximum absolute atomic E-state index is 13.0.